The molecule has 1 atom stereocenters. The van der Waals surface area contributed by atoms with E-state index in [1.54, 1.807) is 0 Å². The van der Waals surface area contributed by atoms with E-state index in [2.05, 4.69) is 27.5 Å². The lowest BCUT2D eigenvalue weighted by atomic mass is 10.2. The molecule has 11 heavy (non-hydrogen) atoms. The van der Waals surface area contributed by atoms with Crippen molar-refractivity contribution in [1.29, 1.82) is 0 Å². The van der Waals surface area contributed by atoms with Crippen LogP contribution in [0.1, 0.15) is 19.3 Å². The van der Waals surface area contributed by atoms with Crippen LogP contribution in [-0.2, 0) is 4.79 Å². The molecule has 0 N–H and O–H groups in total. The SMILES string of the molecule is O=C1C[C@@H](CI)CN1C1CC1. The number of nitrogens with zero attached hydrogens (tertiary/aromatic N) is 1. The molecule has 1 saturated heterocycles. The zero-order valence-corrected chi connectivity index (χ0v) is 8.58. The Balaban J connectivity index is 1.96. The zero-order chi connectivity index (χ0) is 7.84. The van der Waals surface area contributed by atoms with Gasteiger partial charge in [0.1, 0.15) is 0 Å². The van der Waals surface area contributed by atoms with Gasteiger partial charge in [-0.05, 0) is 18.8 Å². The van der Waals surface area contributed by atoms with Crippen molar-refractivity contribution in [3.8, 4) is 0 Å². The predicted molar refractivity (Wildman–Crippen MR) is 51.7 cm³/mol. The number of hydrogen-bond donors (Lipinski definition) is 0. The van der Waals surface area contributed by atoms with Crippen molar-refractivity contribution in [3.63, 3.8) is 0 Å². The molecule has 1 heterocycles. The molecule has 3 heteroatoms. The fraction of sp³-hybridized carbons (Fsp3) is 0.875. The Labute approximate surface area is 80.5 Å². The van der Waals surface area contributed by atoms with Gasteiger partial charge < -0.3 is 4.90 Å². The minimum absolute atomic E-state index is 0.397. The highest BCUT2D eigenvalue weighted by Gasteiger charge is 2.38. The molecule has 0 spiro atoms. The van der Waals surface area contributed by atoms with Crippen LogP contribution in [0.5, 0.6) is 0 Å². The largest absolute Gasteiger partial charge is 0.339 e. The highest BCUT2D eigenvalue weighted by Crippen LogP contribution is 2.32. The number of alkyl halides is 1. The molecule has 1 aliphatic heterocycles. The van der Waals surface area contributed by atoms with E-state index in [0.29, 0.717) is 17.9 Å². The fourth-order valence-corrected chi connectivity index (χ4v) is 2.24. The maximum Gasteiger partial charge on any atom is 0.223 e. The molecular weight excluding hydrogens is 253 g/mol. The molecule has 2 aliphatic rings. The molecule has 1 amide bonds. The number of carbonyl (C=O) groups is 1. The molecule has 1 saturated carbocycles. The summed E-state index contributed by atoms with van der Waals surface area (Å²) < 4.78 is 1.13. The lowest BCUT2D eigenvalue weighted by Crippen LogP contribution is -2.27. The van der Waals surface area contributed by atoms with E-state index >= 15 is 0 Å². The molecule has 0 unspecified atom stereocenters. The van der Waals surface area contributed by atoms with Crippen molar-refractivity contribution in [1.82, 2.24) is 4.90 Å². The van der Waals surface area contributed by atoms with Crippen LogP contribution in [-0.4, -0.2) is 27.8 Å². The molecule has 62 valence electrons. The zero-order valence-electron chi connectivity index (χ0n) is 6.42. The summed E-state index contributed by atoms with van der Waals surface area (Å²) in [6.45, 7) is 1.03. The highest BCUT2D eigenvalue weighted by atomic mass is 127. The Morgan fingerprint density at radius 1 is 1.55 bits per heavy atom. The van der Waals surface area contributed by atoms with E-state index < -0.39 is 0 Å². The van der Waals surface area contributed by atoms with Gasteiger partial charge in [-0.3, -0.25) is 4.79 Å². The Hall–Kier alpha value is 0.200. The van der Waals surface area contributed by atoms with E-state index in [1.165, 1.54) is 12.8 Å². The van der Waals surface area contributed by atoms with Gasteiger partial charge in [0.15, 0.2) is 0 Å². The fourth-order valence-electron chi connectivity index (χ4n) is 1.65. The number of likely N-dealkylation sites (tertiary alicyclic amines) is 1. The number of carbonyl (C=O) groups excluding carboxylic acids is 1. The van der Waals surface area contributed by atoms with Crippen LogP contribution in [0.15, 0.2) is 0 Å². The van der Waals surface area contributed by atoms with Gasteiger partial charge in [0.25, 0.3) is 0 Å². The molecule has 2 rings (SSSR count). The molecule has 0 aromatic carbocycles. The smallest absolute Gasteiger partial charge is 0.223 e. The van der Waals surface area contributed by atoms with Crippen LogP contribution in [0, 0.1) is 5.92 Å². The summed E-state index contributed by atoms with van der Waals surface area (Å²) in [6, 6.07) is 0.635. The number of hydrogen-bond acceptors (Lipinski definition) is 1. The van der Waals surface area contributed by atoms with Crippen LogP contribution in [0.25, 0.3) is 0 Å². The predicted octanol–water partition coefficient (Wildman–Crippen LogP) is 1.43. The summed E-state index contributed by atoms with van der Waals surface area (Å²) in [5, 5.41) is 0. The normalized spacial score (nSPS) is 31.5. The lowest BCUT2D eigenvalue weighted by molar-refractivity contribution is -0.128. The number of amides is 1. The molecule has 0 bridgehead atoms. The van der Waals surface area contributed by atoms with Crippen molar-refractivity contribution in [2.45, 2.75) is 25.3 Å². The van der Waals surface area contributed by atoms with Crippen LogP contribution in [0.3, 0.4) is 0 Å². The Morgan fingerprint density at radius 3 is 2.73 bits per heavy atom. The number of halogens is 1. The van der Waals surface area contributed by atoms with E-state index in [-0.39, 0.29) is 0 Å². The van der Waals surface area contributed by atoms with Crippen LogP contribution < -0.4 is 0 Å². The first-order chi connectivity index (χ1) is 5.31. The van der Waals surface area contributed by atoms with Crippen LogP contribution in [0.4, 0.5) is 0 Å². The van der Waals surface area contributed by atoms with E-state index in [4.69, 9.17) is 0 Å². The summed E-state index contributed by atoms with van der Waals surface area (Å²) in [6.07, 6.45) is 3.30. The van der Waals surface area contributed by atoms with Crippen molar-refractivity contribution in [3.05, 3.63) is 0 Å². The van der Waals surface area contributed by atoms with Gasteiger partial charge in [-0.15, -0.1) is 0 Å². The highest BCUT2D eigenvalue weighted by molar-refractivity contribution is 14.1. The van der Waals surface area contributed by atoms with Gasteiger partial charge in [0.05, 0.1) is 0 Å². The molecular formula is C8H12INO. The Bertz CT molecular complexity index is 179. The van der Waals surface area contributed by atoms with E-state index in [9.17, 15) is 4.79 Å². The summed E-state index contributed by atoms with van der Waals surface area (Å²) >= 11 is 2.37. The van der Waals surface area contributed by atoms with E-state index in [0.717, 1.165) is 17.4 Å². The minimum atomic E-state index is 0.397. The first-order valence-corrected chi connectivity index (χ1v) is 5.69. The van der Waals surface area contributed by atoms with Crippen molar-refractivity contribution >= 4 is 28.5 Å². The standard InChI is InChI=1S/C8H12INO/c9-4-6-3-8(11)10(5-6)7-1-2-7/h6-7H,1-5H2/t6-/m0/s1. The lowest BCUT2D eigenvalue weighted by Gasteiger charge is -2.14. The molecule has 0 aromatic heterocycles. The Morgan fingerprint density at radius 2 is 2.27 bits per heavy atom. The second-order valence-corrected chi connectivity index (χ2v) is 4.38. The molecule has 0 aromatic rings. The topological polar surface area (TPSA) is 20.3 Å². The number of rotatable bonds is 2. The average molecular weight is 265 g/mol. The summed E-state index contributed by atoms with van der Waals surface area (Å²) in [5.41, 5.74) is 0. The maximum atomic E-state index is 11.3. The second-order valence-electron chi connectivity index (χ2n) is 3.50. The molecule has 2 fully saturated rings. The first-order valence-electron chi connectivity index (χ1n) is 4.16. The summed E-state index contributed by atoms with van der Waals surface area (Å²) in [7, 11) is 0. The van der Waals surface area contributed by atoms with Crippen LogP contribution >= 0.6 is 22.6 Å². The van der Waals surface area contributed by atoms with Gasteiger partial charge in [-0.1, -0.05) is 22.6 Å². The summed E-state index contributed by atoms with van der Waals surface area (Å²) in [5.74, 6) is 1.04. The summed E-state index contributed by atoms with van der Waals surface area (Å²) in [4.78, 5) is 13.4. The average Bonchev–Trinajstić information content (AvgIpc) is 2.76. The molecule has 0 radical (unpaired) electrons. The second kappa shape index (κ2) is 2.92. The monoisotopic (exact) mass is 265 g/mol. The quantitative estimate of drug-likeness (QED) is 0.546. The van der Waals surface area contributed by atoms with Gasteiger partial charge in [-0.2, -0.15) is 0 Å². The van der Waals surface area contributed by atoms with Gasteiger partial charge in [0.2, 0.25) is 5.91 Å². The minimum Gasteiger partial charge on any atom is -0.339 e. The third kappa shape index (κ3) is 1.53. The van der Waals surface area contributed by atoms with Crippen molar-refractivity contribution < 1.29 is 4.79 Å². The van der Waals surface area contributed by atoms with Gasteiger partial charge in [0, 0.05) is 23.4 Å². The van der Waals surface area contributed by atoms with Crippen molar-refractivity contribution in [2.24, 2.45) is 5.92 Å². The van der Waals surface area contributed by atoms with Crippen molar-refractivity contribution in [2.75, 3.05) is 11.0 Å². The third-order valence-corrected chi connectivity index (χ3v) is 3.69. The van der Waals surface area contributed by atoms with Gasteiger partial charge >= 0.3 is 0 Å². The van der Waals surface area contributed by atoms with Crippen LogP contribution in [0.2, 0.25) is 0 Å². The van der Waals surface area contributed by atoms with Gasteiger partial charge in [-0.25, -0.2) is 0 Å². The first kappa shape index (κ1) is 7.83. The maximum absolute atomic E-state index is 11.3. The third-order valence-electron chi connectivity index (χ3n) is 2.44. The van der Waals surface area contributed by atoms with E-state index in [1.807, 2.05) is 0 Å². The molecule has 1 aliphatic carbocycles. The Kier molecular flexibility index (Phi) is 2.08. The molecule has 2 nitrogen and oxygen atoms in total.